The maximum Gasteiger partial charge on any atom is 0.407 e. The molecule has 6 heterocycles. The Morgan fingerprint density at radius 3 is 2.32 bits per heavy atom. The summed E-state index contributed by atoms with van der Waals surface area (Å²) in [4.78, 5) is 73.6. The van der Waals surface area contributed by atoms with E-state index in [0.29, 0.717) is 19.5 Å². The van der Waals surface area contributed by atoms with Gasteiger partial charge in [-0.05, 0) is 79.8 Å². The van der Waals surface area contributed by atoms with E-state index in [9.17, 15) is 19.2 Å². The highest BCUT2D eigenvalue weighted by atomic mass is 16.5. The second-order valence-corrected chi connectivity index (χ2v) is 17.0. The number of alkyl carbamates (subject to hydrolysis) is 1. The lowest BCUT2D eigenvalue weighted by Crippen LogP contribution is -2.51. The molecule has 8 rings (SSSR count). The summed E-state index contributed by atoms with van der Waals surface area (Å²) in [6.45, 7) is 11.0. The first kappa shape index (κ1) is 40.7. The van der Waals surface area contributed by atoms with Crippen LogP contribution in [0.3, 0.4) is 0 Å². The van der Waals surface area contributed by atoms with Gasteiger partial charge in [-0.2, -0.15) is 0 Å². The number of imidazole rings is 1. The number of fused-ring (bicyclic) bond motifs is 5. The van der Waals surface area contributed by atoms with Crippen molar-refractivity contribution >= 4 is 62.5 Å². The molecule has 4 atom stereocenters. The summed E-state index contributed by atoms with van der Waals surface area (Å²) in [5.41, 5.74) is 7.96. The van der Waals surface area contributed by atoms with Crippen LogP contribution in [0.2, 0.25) is 0 Å². The molecule has 0 saturated carbocycles. The number of aliphatic imine (C=N–C) groups is 1. The van der Waals surface area contributed by atoms with E-state index in [1.807, 2.05) is 56.8 Å². The molecule has 1 unspecified atom stereocenters. The first-order valence-electron chi connectivity index (χ1n) is 21.1. The van der Waals surface area contributed by atoms with Gasteiger partial charge in [0.15, 0.2) is 0 Å². The highest BCUT2D eigenvalue weighted by Gasteiger charge is 2.39. The fourth-order valence-electron chi connectivity index (χ4n) is 9.33. The largest absolute Gasteiger partial charge is 0.469 e. The Labute approximate surface area is 349 Å². The topological polar surface area (TPSA) is 164 Å². The lowest BCUT2D eigenvalue weighted by Gasteiger charge is -2.30. The van der Waals surface area contributed by atoms with Crippen LogP contribution in [-0.2, 0) is 23.9 Å². The molecule has 2 N–H and O–H groups in total. The number of nitrogens with one attached hydrogen (secondary N) is 2. The molecule has 0 radical (unpaired) electrons. The minimum absolute atomic E-state index is 0.000784. The number of hydrogen-bond acceptors (Lipinski definition) is 9. The van der Waals surface area contributed by atoms with Crippen molar-refractivity contribution in [2.75, 3.05) is 27.3 Å². The highest BCUT2D eigenvalue weighted by molar-refractivity contribution is 6.06. The third-order valence-electron chi connectivity index (χ3n) is 12.6. The van der Waals surface area contributed by atoms with Crippen LogP contribution in [0.5, 0.6) is 0 Å². The summed E-state index contributed by atoms with van der Waals surface area (Å²) in [7, 11) is 2.66. The number of aromatic amines is 1. The number of carbonyl (C=O) groups is 4. The van der Waals surface area contributed by atoms with Gasteiger partial charge < -0.3 is 29.6 Å². The summed E-state index contributed by atoms with van der Waals surface area (Å²) in [6, 6.07) is 14.0. The van der Waals surface area contributed by atoms with Crippen LogP contribution in [0.15, 0.2) is 59.9 Å². The number of likely N-dealkylation sites (tertiary alicyclic amines) is 2. The maximum atomic E-state index is 13.8. The van der Waals surface area contributed by atoms with Gasteiger partial charge in [-0.3, -0.25) is 23.8 Å². The first-order valence-corrected chi connectivity index (χ1v) is 21.1. The minimum Gasteiger partial charge on any atom is -0.469 e. The molecule has 314 valence electrons. The van der Waals surface area contributed by atoms with Crippen molar-refractivity contribution < 1.29 is 28.7 Å². The van der Waals surface area contributed by atoms with E-state index >= 15 is 0 Å². The number of esters is 1. The molecule has 0 bridgehead atoms. The number of methoxy groups -OCH3 is 2. The van der Waals surface area contributed by atoms with E-state index in [2.05, 4.69) is 57.2 Å². The third kappa shape index (κ3) is 7.52. The van der Waals surface area contributed by atoms with Crippen LogP contribution in [0.25, 0.3) is 44.2 Å². The van der Waals surface area contributed by atoms with Gasteiger partial charge in [-0.1, -0.05) is 45.9 Å². The van der Waals surface area contributed by atoms with Crippen molar-refractivity contribution in [3.8, 4) is 11.3 Å². The molecule has 3 amide bonds. The molecule has 14 heteroatoms. The fraction of sp³-hybridized carbons (Fsp3) is 0.457. The van der Waals surface area contributed by atoms with Gasteiger partial charge in [0.05, 0.1) is 67.1 Å². The Bertz CT molecular complexity index is 2570. The van der Waals surface area contributed by atoms with Crippen LogP contribution in [-0.4, -0.2) is 98.1 Å². The molecule has 3 aliphatic heterocycles. The van der Waals surface area contributed by atoms with E-state index in [1.165, 1.54) is 14.2 Å². The number of hydrogen-bond donors (Lipinski definition) is 2. The van der Waals surface area contributed by atoms with Crippen LogP contribution in [0.4, 0.5) is 4.79 Å². The Morgan fingerprint density at radius 1 is 0.867 bits per heavy atom. The van der Waals surface area contributed by atoms with Gasteiger partial charge in [-0.25, -0.2) is 14.8 Å². The zero-order valence-electron chi connectivity index (χ0n) is 35.4. The Balaban J connectivity index is 1.01. The molecule has 0 spiro atoms. The van der Waals surface area contributed by atoms with Gasteiger partial charge in [-0.15, -0.1) is 0 Å². The van der Waals surface area contributed by atoms with Crippen LogP contribution >= 0.6 is 0 Å². The lowest BCUT2D eigenvalue weighted by atomic mass is 9.90. The minimum atomic E-state index is -0.697. The zero-order valence-corrected chi connectivity index (χ0v) is 35.4. The molecule has 3 aromatic heterocycles. The molecule has 0 aliphatic carbocycles. The van der Waals surface area contributed by atoms with E-state index in [4.69, 9.17) is 24.4 Å². The normalized spacial score (nSPS) is 19.1. The van der Waals surface area contributed by atoms with Crippen molar-refractivity contribution in [2.24, 2.45) is 22.7 Å². The SMILES string of the molecule is COC(=O)C[C@H](C(=O)N1CCC[C@@H]1C1=NC=C(c2ccc3c(c2)nc(C)n2c4ccc(-c5cnc([C@@H]6CCCN6C(=O)C(NC(=O)OC)C(C)C)[nH]5)cc4cc32)C1)C(C)C. The van der Waals surface area contributed by atoms with Crippen molar-refractivity contribution in [2.45, 2.75) is 91.3 Å². The summed E-state index contributed by atoms with van der Waals surface area (Å²) in [5.74, 6) is 0.563. The van der Waals surface area contributed by atoms with Crippen LogP contribution in [0, 0.1) is 24.7 Å². The highest BCUT2D eigenvalue weighted by Crippen LogP contribution is 2.37. The average Bonchev–Trinajstić information content (AvgIpc) is 4.09. The Hall–Kier alpha value is -6.05. The number of carbonyl (C=O) groups excluding carboxylic acids is 4. The zero-order chi connectivity index (χ0) is 42.4. The summed E-state index contributed by atoms with van der Waals surface area (Å²) in [6.07, 6.45) is 7.23. The van der Waals surface area contributed by atoms with Gasteiger partial charge in [0, 0.05) is 47.8 Å². The van der Waals surface area contributed by atoms with Gasteiger partial charge in [0.1, 0.15) is 17.7 Å². The summed E-state index contributed by atoms with van der Waals surface area (Å²) >= 11 is 0. The maximum absolute atomic E-state index is 13.8. The smallest absolute Gasteiger partial charge is 0.407 e. The average molecular weight is 815 g/mol. The van der Waals surface area contributed by atoms with E-state index < -0.39 is 18.1 Å². The number of aromatic nitrogens is 4. The standard InChI is InChI=1S/C46H54N8O6/c1-25(2)33(22-41(55)59-6)44(56)52-16-8-10-38(52)35-20-31(23-47-35)28-12-14-32-34(19-28)49-27(5)54-37-15-13-29(18-30(37)21-40(32)54)36-24-48-43(50-36)39-11-9-17-53(39)45(57)42(26(3)4)51-46(58)60-7/h12-15,18-19,21,23-26,33,38-39,42H,8-11,16-17,20,22H2,1-7H3,(H,48,50)(H,51,58)/t33-,38+,39-,42?/m0/s1. The van der Waals surface area contributed by atoms with E-state index in [1.54, 1.807) is 0 Å². The van der Waals surface area contributed by atoms with Crippen molar-refractivity contribution in [1.29, 1.82) is 0 Å². The number of amides is 3. The number of rotatable bonds is 11. The second kappa shape index (κ2) is 16.5. The van der Waals surface area contributed by atoms with Gasteiger partial charge >= 0.3 is 12.1 Å². The Kier molecular flexibility index (Phi) is 11.2. The van der Waals surface area contributed by atoms with Gasteiger partial charge in [0.2, 0.25) is 11.8 Å². The predicted octanol–water partition coefficient (Wildman–Crippen LogP) is 7.40. The second-order valence-electron chi connectivity index (χ2n) is 17.0. The van der Waals surface area contributed by atoms with Crippen molar-refractivity contribution in [1.82, 2.24) is 34.5 Å². The monoisotopic (exact) mass is 814 g/mol. The molecular formula is C46H54N8O6. The quantitative estimate of drug-likeness (QED) is 0.130. The molecule has 2 aromatic carbocycles. The number of ether oxygens (including phenoxy) is 2. The van der Waals surface area contributed by atoms with Gasteiger partial charge in [0.25, 0.3) is 0 Å². The number of H-pyrrole nitrogens is 1. The summed E-state index contributed by atoms with van der Waals surface area (Å²) in [5, 5.41) is 4.82. The predicted molar refractivity (Wildman–Crippen MR) is 230 cm³/mol. The van der Waals surface area contributed by atoms with E-state index in [0.717, 1.165) is 92.8 Å². The molecule has 5 aromatic rings. The molecule has 2 saturated heterocycles. The molecule has 14 nitrogen and oxygen atoms in total. The number of benzene rings is 2. The molecule has 3 aliphatic rings. The molecule has 2 fully saturated rings. The van der Waals surface area contributed by atoms with Crippen LogP contribution < -0.4 is 5.32 Å². The van der Waals surface area contributed by atoms with Crippen molar-refractivity contribution in [3.63, 3.8) is 0 Å². The van der Waals surface area contributed by atoms with Crippen LogP contribution in [0.1, 0.15) is 89.5 Å². The number of aryl methyl sites for hydroxylation is 1. The molecular weight excluding hydrogens is 761 g/mol. The molecule has 60 heavy (non-hydrogen) atoms. The lowest BCUT2D eigenvalue weighted by molar-refractivity contribution is -0.148. The fourth-order valence-corrected chi connectivity index (χ4v) is 9.33. The van der Waals surface area contributed by atoms with E-state index in [-0.39, 0.29) is 48.1 Å². The number of nitrogens with zero attached hydrogens (tertiary/aromatic N) is 6. The first-order chi connectivity index (χ1) is 28.9. The Morgan fingerprint density at radius 2 is 1.60 bits per heavy atom. The number of allylic oxidation sites excluding steroid dienone is 1. The summed E-state index contributed by atoms with van der Waals surface area (Å²) < 4.78 is 11.9. The van der Waals surface area contributed by atoms with Crippen molar-refractivity contribution in [3.05, 3.63) is 72.1 Å². The third-order valence-corrected chi connectivity index (χ3v) is 12.6.